The van der Waals surface area contributed by atoms with Crippen molar-refractivity contribution in [2.45, 2.75) is 24.3 Å². The molecule has 2 heterocycles. The number of carbonyl (C=O) groups excluding carboxylic acids is 2. The summed E-state index contributed by atoms with van der Waals surface area (Å²) in [5.74, 6) is -0.151. The van der Waals surface area contributed by atoms with E-state index >= 15 is 0 Å². The molecule has 0 aromatic heterocycles. The van der Waals surface area contributed by atoms with E-state index in [-0.39, 0.29) is 18.0 Å². The lowest BCUT2D eigenvalue weighted by atomic mass is 9.74. The molecule has 24 heavy (non-hydrogen) atoms. The van der Waals surface area contributed by atoms with Gasteiger partial charge in [0, 0.05) is 33.7 Å². The van der Waals surface area contributed by atoms with E-state index in [9.17, 15) is 14.9 Å². The van der Waals surface area contributed by atoms with Gasteiger partial charge in [-0.05, 0) is 18.4 Å². The first-order valence-corrected chi connectivity index (χ1v) is 8.22. The summed E-state index contributed by atoms with van der Waals surface area (Å²) in [5, 5.41) is 9.77. The first-order chi connectivity index (χ1) is 11.5. The second kappa shape index (κ2) is 6.25. The zero-order valence-corrected chi connectivity index (χ0v) is 14.1. The molecule has 6 heteroatoms. The van der Waals surface area contributed by atoms with Gasteiger partial charge in [-0.3, -0.25) is 14.6 Å². The highest BCUT2D eigenvalue weighted by molar-refractivity contribution is 5.99. The summed E-state index contributed by atoms with van der Waals surface area (Å²) in [6.45, 7) is 1.76. The van der Waals surface area contributed by atoms with Crippen LogP contribution in [0.1, 0.15) is 18.4 Å². The van der Waals surface area contributed by atoms with Crippen molar-refractivity contribution in [2.24, 2.45) is 0 Å². The van der Waals surface area contributed by atoms with Crippen molar-refractivity contribution < 1.29 is 9.59 Å². The van der Waals surface area contributed by atoms with Crippen molar-refractivity contribution in [1.29, 1.82) is 5.26 Å². The fraction of sp³-hybridized carbons (Fsp3) is 0.500. The molecule has 3 amide bonds. The molecule has 0 radical (unpaired) electrons. The van der Waals surface area contributed by atoms with Gasteiger partial charge in [-0.2, -0.15) is 5.26 Å². The molecule has 3 rings (SSSR count). The van der Waals surface area contributed by atoms with E-state index in [0.717, 1.165) is 5.56 Å². The lowest BCUT2D eigenvalue weighted by Crippen LogP contribution is -2.63. The summed E-state index contributed by atoms with van der Waals surface area (Å²) < 4.78 is 0. The Morgan fingerprint density at radius 3 is 2.33 bits per heavy atom. The predicted molar refractivity (Wildman–Crippen MR) is 89.1 cm³/mol. The van der Waals surface area contributed by atoms with E-state index in [0.29, 0.717) is 32.5 Å². The van der Waals surface area contributed by atoms with Crippen LogP contribution >= 0.6 is 0 Å². The third kappa shape index (κ3) is 2.65. The third-order valence-electron chi connectivity index (χ3n) is 5.31. The van der Waals surface area contributed by atoms with Crippen molar-refractivity contribution >= 4 is 11.9 Å². The molecule has 0 N–H and O–H groups in total. The lowest BCUT2D eigenvalue weighted by Gasteiger charge is -2.44. The number of likely N-dealkylation sites (N-methyl/N-ethyl adjacent to an activating group) is 2. The van der Waals surface area contributed by atoms with E-state index in [2.05, 4.69) is 11.0 Å². The largest absolute Gasteiger partial charge is 0.326 e. The van der Waals surface area contributed by atoms with Gasteiger partial charge in [0.15, 0.2) is 0 Å². The lowest BCUT2D eigenvalue weighted by molar-refractivity contribution is -0.137. The molecule has 0 aliphatic carbocycles. The number of likely N-dealkylation sites (tertiary alicyclic amines) is 1. The summed E-state index contributed by atoms with van der Waals surface area (Å²) >= 11 is 0. The van der Waals surface area contributed by atoms with Gasteiger partial charge in [-0.15, -0.1) is 0 Å². The highest BCUT2D eigenvalue weighted by atomic mass is 16.2. The van der Waals surface area contributed by atoms with Gasteiger partial charge in [-0.1, -0.05) is 30.3 Å². The van der Waals surface area contributed by atoms with Crippen LogP contribution in [0.4, 0.5) is 4.79 Å². The predicted octanol–water partition coefficient (Wildman–Crippen LogP) is 1.44. The highest BCUT2D eigenvalue weighted by Gasteiger charge is 2.43. The summed E-state index contributed by atoms with van der Waals surface area (Å²) in [4.78, 5) is 29.2. The quantitative estimate of drug-likeness (QED) is 0.825. The SMILES string of the molecule is CN1CC(N2CCC(C#N)(c3ccccc3)CC2)C(=O)N(C)C1=O. The fourth-order valence-electron chi connectivity index (χ4n) is 3.70. The maximum Gasteiger partial charge on any atom is 0.326 e. The summed E-state index contributed by atoms with van der Waals surface area (Å²) in [5.41, 5.74) is 0.565. The number of hydrogen-bond donors (Lipinski definition) is 0. The maximum absolute atomic E-state index is 12.5. The standard InChI is InChI=1S/C18H22N4O2/c1-20-12-15(16(23)21(2)17(20)24)22-10-8-18(13-19,9-11-22)14-6-4-3-5-7-14/h3-7,15H,8-12H2,1-2H3. The Bertz CT molecular complexity index is 674. The average molecular weight is 326 g/mol. The Kier molecular flexibility index (Phi) is 4.29. The van der Waals surface area contributed by atoms with Crippen LogP contribution in [0, 0.1) is 11.3 Å². The molecular weight excluding hydrogens is 304 g/mol. The first kappa shape index (κ1) is 16.5. The number of nitrogens with zero attached hydrogens (tertiary/aromatic N) is 4. The molecular formula is C18H22N4O2. The van der Waals surface area contributed by atoms with Crippen LogP contribution in [0.25, 0.3) is 0 Å². The van der Waals surface area contributed by atoms with Crippen molar-refractivity contribution in [1.82, 2.24) is 14.7 Å². The second-order valence-electron chi connectivity index (χ2n) is 6.67. The number of piperidine rings is 1. The van der Waals surface area contributed by atoms with Crippen LogP contribution < -0.4 is 0 Å². The molecule has 2 saturated heterocycles. The molecule has 0 bridgehead atoms. The maximum atomic E-state index is 12.5. The minimum atomic E-state index is -0.483. The minimum absolute atomic E-state index is 0.151. The molecule has 2 fully saturated rings. The van der Waals surface area contributed by atoms with Gasteiger partial charge in [0.25, 0.3) is 0 Å². The third-order valence-corrected chi connectivity index (χ3v) is 5.31. The van der Waals surface area contributed by atoms with Crippen LogP contribution in [0.15, 0.2) is 30.3 Å². The molecule has 1 unspecified atom stereocenters. The van der Waals surface area contributed by atoms with Crippen LogP contribution in [-0.4, -0.2) is 66.4 Å². The first-order valence-electron chi connectivity index (χ1n) is 8.22. The molecule has 1 aromatic carbocycles. The smallest absolute Gasteiger partial charge is 0.325 e. The minimum Gasteiger partial charge on any atom is -0.325 e. The summed E-state index contributed by atoms with van der Waals surface area (Å²) in [7, 11) is 3.24. The van der Waals surface area contributed by atoms with E-state index in [1.165, 1.54) is 11.9 Å². The molecule has 126 valence electrons. The number of imide groups is 1. The van der Waals surface area contributed by atoms with Gasteiger partial charge >= 0.3 is 6.03 Å². The van der Waals surface area contributed by atoms with Gasteiger partial charge in [-0.25, -0.2) is 4.79 Å². The molecule has 0 saturated carbocycles. The molecule has 0 spiro atoms. The van der Waals surface area contributed by atoms with Gasteiger partial charge in [0.1, 0.15) is 6.04 Å². The molecule has 6 nitrogen and oxygen atoms in total. The van der Waals surface area contributed by atoms with Crippen molar-refractivity contribution in [3.63, 3.8) is 0 Å². The molecule has 2 aliphatic rings. The summed E-state index contributed by atoms with van der Waals surface area (Å²) in [6, 6.07) is 11.8. The zero-order chi connectivity index (χ0) is 17.3. The van der Waals surface area contributed by atoms with Gasteiger partial charge < -0.3 is 4.90 Å². The van der Waals surface area contributed by atoms with E-state index in [1.807, 2.05) is 30.3 Å². The van der Waals surface area contributed by atoms with Crippen LogP contribution in [0.5, 0.6) is 0 Å². The number of carbonyl (C=O) groups is 2. The number of benzene rings is 1. The number of urea groups is 1. The Morgan fingerprint density at radius 2 is 1.75 bits per heavy atom. The molecule has 2 aliphatic heterocycles. The molecule has 1 aromatic rings. The van der Waals surface area contributed by atoms with Gasteiger partial charge in [0.05, 0.1) is 11.5 Å². The Morgan fingerprint density at radius 1 is 1.12 bits per heavy atom. The molecule has 1 atom stereocenters. The Hall–Kier alpha value is -2.39. The van der Waals surface area contributed by atoms with Crippen molar-refractivity contribution in [3.8, 4) is 6.07 Å². The normalized spacial score (nSPS) is 24.8. The van der Waals surface area contributed by atoms with Crippen molar-refractivity contribution in [3.05, 3.63) is 35.9 Å². The monoisotopic (exact) mass is 326 g/mol. The Balaban J connectivity index is 1.74. The average Bonchev–Trinajstić information content (AvgIpc) is 2.64. The number of amides is 3. The number of nitriles is 1. The second-order valence-corrected chi connectivity index (χ2v) is 6.67. The van der Waals surface area contributed by atoms with E-state index < -0.39 is 5.41 Å². The van der Waals surface area contributed by atoms with Crippen molar-refractivity contribution in [2.75, 3.05) is 33.7 Å². The van der Waals surface area contributed by atoms with Crippen LogP contribution in [-0.2, 0) is 10.2 Å². The highest BCUT2D eigenvalue weighted by Crippen LogP contribution is 2.35. The van der Waals surface area contributed by atoms with E-state index in [4.69, 9.17) is 0 Å². The van der Waals surface area contributed by atoms with E-state index in [1.54, 1.807) is 11.9 Å². The van der Waals surface area contributed by atoms with Gasteiger partial charge in [0.2, 0.25) is 5.91 Å². The van der Waals surface area contributed by atoms with Crippen LogP contribution in [0.2, 0.25) is 0 Å². The zero-order valence-electron chi connectivity index (χ0n) is 14.1. The fourth-order valence-corrected chi connectivity index (χ4v) is 3.70. The number of rotatable bonds is 2. The number of hydrogen-bond acceptors (Lipinski definition) is 4. The van der Waals surface area contributed by atoms with Crippen LogP contribution in [0.3, 0.4) is 0 Å². The topological polar surface area (TPSA) is 67.7 Å². The summed E-state index contributed by atoms with van der Waals surface area (Å²) in [6.07, 6.45) is 1.39. The Labute approximate surface area is 142 Å².